The molecule has 1 aliphatic carbocycles. The Kier molecular flexibility index (Phi) is 8.01. The Morgan fingerprint density at radius 2 is 1.70 bits per heavy atom. The summed E-state index contributed by atoms with van der Waals surface area (Å²) >= 11 is 0. The number of methoxy groups -OCH3 is 4. The molecular formula is C13H24O7. The van der Waals surface area contributed by atoms with Crippen molar-refractivity contribution in [3.05, 3.63) is 0 Å². The lowest BCUT2D eigenvalue weighted by Crippen LogP contribution is -2.32. The quantitative estimate of drug-likeness (QED) is 0.459. The van der Waals surface area contributed by atoms with Crippen LogP contribution in [0.25, 0.3) is 0 Å². The Morgan fingerprint density at radius 1 is 1.05 bits per heavy atom. The van der Waals surface area contributed by atoms with Gasteiger partial charge in [0.05, 0.1) is 12.0 Å². The molecule has 0 aromatic carbocycles. The van der Waals surface area contributed by atoms with Gasteiger partial charge in [-0.05, 0) is 12.8 Å². The third kappa shape index (κ3) is 4.68. The molecular weight excluding hydrogens is 268 g/mol. The molecule has 20 heavy (non-hydrogen) atoms. The van der Waals surface area contributed by atoms with Crippen molar-refractivity contribution in [1.82, 2.24) is 0 Å². The fraction of sp³-hybridized carbons (Fsp3) is 0.923. The van der Waals surface area contributed by atoms with Crippen LogP contribution in [0.3, 0.4) is 0 Å². The second-order valence-electron chi connectivity index (χ2n) is 4.65. The maximum Gasteiger partial charge on any atom is 0.311 e. The van der Waals surface area contributed by atoms with Crippen molar-refractivity contribution in [2.75, 3.05) is 42.0 Å². The molecule has 0 N–H and O–H groups in total. The molecule has 0 saturated heterocycles. The molecule has 1 aliphatic rings. The molecule has 0 aromatic rings. The second-order valence-corrected chi connectivity index (χ2v) is 4.65. The maximum atomic E-state index is 11.9. The molecule has 7 nitrogen and oxygen atoms in total. The SMILES string of the molecule is COCOC(=O)C1C[C@@H](OCOC)[C@H](C(OC)OC)C1. The molecule has 3 atom stereocenters. The highest BCUT2D eigenvalue weighted by Gasteiger charge is 2.43. The van der Waals surface area contributed by atoms with Crippen molar-refractivity contribution in [2.45, 2.75) is 25.2 Å². The summed E-state index contributed by atoms with van der Waals surface area (Å²) in [5.74, 6) is -0.573. The molecule has 7 heteroatoms. The molecule has 0 bridgehead atoms. The van der Waals surface area contributed by atoms with Crippen LogP contribution in [0.15, 0.2) is 0 Å². The first-order valence-corrected chi connectivity index (χ1v) is 6.49. The highest BCUT2D eigenvalue weighted by molar-refractivity contribution is 5.72. The van der Waals surface area contributed by atoms with Crippen molar-refractivity contribution < 1.29 is 33.2 Å². The minimum Gasteiger partial charge on any atom is -0.438 e. The van der Waals surface area contributed by atoms with Crippen molar-refractivity contribution in [2.24, 2.45) is 11.8 Å². The van der Waals surface area contributed by atoms with Crippen LogP contribution in [0.4, 0.5) is 0 Å². The number of hydrogen-bond acceptors (Lipinski definition) is 7. The van der Waals surface area contributed by atoms with E-state index in [4.69, 9.17) is 28.4 Å². The molecule has 0 aliphatic heterocycles. The molecule has 118 valence electrons. The van der Waals surface area contributed by atoms with Crippen LogP contribution in [0.2, 0.25) is 0 Å². The first-order chi connectivity index (χ1) is 9.67. The Balaban J connectivity index is 2.63. The minimum atomic E-state index is -0.419. The summed E-state index contributed by atoms with van der Waals surface area (Å²) in [6, 6.07) is 0. The Hall–Kier alpha value is -0.730. The summed E-state index contributed by atoms with van der Waals surface area (Å²) in [7, 11) is 6.16. The number of hydrogen-bond donors (Lipinski definition) is 0. The number of carbonyl (C=O) groups excluding carboxylic acids is 1. The lowest BCUT2D eigenvalue weighted by molar-refractivity contribution is -0.176. The van der Waals surface area contributed by atoms with Crippen LogP contribution in [0.1, 0.15) is 12.8 Å². The third-order valence-corrected chi connectivity index (χ3v) is 3.42. The van der Waals surface area contributed by atoms with Gasteiger partial charge in [-0.1, -0.05) is 0 Å². The number of ether oxygens (including phenoxy) is 6. The molecule has 1 rings (SSSR count). The molecule has 0 heterocycles. The van der Waals surface area contributed by atoms with Gasteiger partial charge in [0.2, 0.25) is 0 Å². The van der Waals surface area contributed by atoms with Crippen molar-refractivity contribution in [1.29, 1.82) is 0 Å². The zero-order chi connectivity index (χ0) is 15.0. The fourth-order valence-electron chi connectivity index (χ4n) is 2.54. The van der Waals surface area contributed by atoms with Gasteiger partial charge in [-0.15, -0.1) is 0 Å². The van der Waals surface area contributed by atoms with E-state index in [1.54, 1.807) is 21.3 Å². The zero-order valence-electron chi connectivity index (χ0n) is 12.5. The molecule has 0 aromatic heterocycles. The number of esters is 1. The fourth-order valence-corrected chi connectivity index (χ4v) is 2.54. The van der Waals surface area contributed by atoms with E-state index in [1.165, 1.54) is 7.11 Å². The standard InChI is InChI=1S/C13H24O7/c1-15-7-19-11-6-9(12(14)20-8-16-2)5-10(11)13(17-3)18-4/h9-11,13H,5-8H2,1-4H3/t9?,10-,11-/m1/s1. The number of rotatable bonds is 9. The molecule has 0 radical (unpaired) electrons. The monoisotopic (exact) mass is 292 g/mol. The Morgan fingerprint density at radius 3 is 2.25 bits per heavy atom. The van der Waals surface area contributed by atoms with Gasteiger partial charge in [0.1, 0.15) is 6.79 Å². The van der Waals surface area contributed by atoms with E-state index >= 15 is 0 Å². The van der Waals surface area contributed by atoms with Crippen molar-refractivity contribution >= 4 is 5.97 Å². The van der Waals surface area contributed by atoms with E-state index < -0.39 is 6.29 Å². The average molecular weight is 292 g/mol. The molecule has 1 fully saturated rings. The van der Waals surface area contributed by atoms with E-state index in [-0.39, 0.29) is 37.5 Å². The van der Waals surface area contributed by atoms with Gasteiger partial charge < -0.3 is 28.4 Å². The summed E-state index contributed by atoms with van der Waals surface area (Å²) < 4.78 is 30.8. The first kappa shape index (κ1) is 17.3. The van der Waals surface area contributed by atoms with E-state index in [1.807, 2.05) is 0 Å². The highest BCUT2D eigenvalue weighted by Crippen LogP contribution is 2.37. The van der Waals surface area contributed by atoms with Crippen LogP contribution < -0.4 is 0 Å². The largest absolute Gasteiger partial charge is 0.438 e. The van der Waals surface area contributed by atoms with E-state index in [2.05, 4.69) is 0 Å². The van der Waals surface area contributed by atoms with Crippen LogP contribution >= 0.6 is 0 Å². The second kappa shape index (κ2) is 9.25. The molecule has 0 amide bonds. The highest BCUT2D eigenvalue weighted by atomic mass is 16.7. The zero-order valence-corrected chi connectivity index (χ0v) is 12.5. The Bertz CT molecular complexity index is 280. The summed E-state index contributed by atoms with van der Waals surface area (Å²) in [5.41, 5.74) is 0. The summed E-state index contributed by atoms with van der Waals surface area (Å²) in [5, 5.41) is 0. The minimum absolute atomic E-state index is 0.0401. The van der Waals surface area contributed by atoms with Gasteiger partial charge in [0.25, 0.3) is 0 Å². The lowest BCUT2D eigenvalue weighted by atomic mass is 10.0. The van der Waals surface area contributed by atoms with Crippen LogP contribution in [0, 0.1) is 11.8 Å². The Labute approximate surface area is 119 Å². The van der Waals surface area contributed by atoms with Gasteiger partial charge in [0.15, 0.2) is 13.1 Å². The molecule has 0 spiro atoms. The lowest BCUT2D eigenvalue weighted by Gasteiger charge is -2.26. The van der Waals surface area contributed by atoms with E-state index in [0.29, 0.717) is 12.8 Å². The number of carbonyl (C=O) groups is 1. The van der Waals surface area contributed by atoms with Gasteiger partial charge >= 0.3 is 5.97 Å². The summed E-state index contributed by atoms with van der Waals surface area (Å²) in [6.07, 6.45) is 0.556. The normalized spacial score (nSPS) is 26.1. The van der Waals surface area contributed by atoms with Crippen molar-refractivity contribution in [3.8, 4) is 0 Å². The van der Waals surface area contributed by atoms with Gasteiger partial charge in [-0.25, -0.2) is 0 Å². The predicted octanol–water partition coefficient (Wildman–Crippen LogP) is 0.768. The van der Waals surface area contributed by atoms with Gasteiger partial charge in [-0.2, -0.15) is 0 Å². The average Bonchev–Trinajstić information content (AvgIpc) is 2.88. The smallest absolute Gasteiger partial charge is 0.311 e. The molecule has 1 saturated carbocycles. The van der Waals surface area contributed by atoms with Crippen LogP contribution in [0.5, 0.6) is 0 Å². The predicted molar refractivity (Wildman–Crippen MR) is 68.7 cm³/mol. The van der Waals surface area contributed by atoms with Crippen LogP contribution in [-0.2, 0) is 33.2 Å². The molecule has 1 unspecified atom stereocenters. The van der Waals surface area contributed by atoms with Crippen molar-refractivity contribution in [3.63, 3.8) is 0 Å². The van der Waals surface area contributed by atoms with Gasteiger partial charge in [-0.3, -0.25) is 4.79 Å². The first-order valence-electron chi connectivity index (χ1n) is 6.49. The van der Waals surface area contributed by atoms with E-state index in [0.717, 1.165) is 0 Å². The third-order valence-electron chi connectivity index (χ3n) is 3.42. The summed E-state index contributed by atoms with van der Waals surface area (Å²) in [4.78, 5) is 11.9. The van der Waals surface area contributed by atoms with Gasteiger partial charge in [0, 0.05) is 34.4 Å². The summed E-state index contributed by atoms with van der Waals surface area (Å²) in [6.45, 7) is 0.128. The topological polar surface area (TPSA) is 72.5 Å². The maximum absolute atomic E-state index is 11.9. The van der Waals surface area contributed by atoms with E-state index in [9.17, 15) is 4.79 Å². The van der Waals surface area contributed by atoms with Crippen LogP contribution in [-0.4, -0.2) is 60.4 Å².